The van der Waals surface area contributed by atoms with Crippen molar-refractivity contribution in [2.45, 2.75) is 114 Å². The summed E-state index contributed by atoms with van der Waals surface area (Å²) in [7, 11) is 15.6. The first-order valence-corrected chi connectivity index (χ1v) is 45.4. The van der Waals surface area contributed by atoms with Crippen LogP contribution in [0.2, 0.25) is 31.9 Å². The van der Waals surface area contributed by atoms with Gasteiger partial charge < -0.3 is 32.7 Å². The van der Waals surface area contributed by atoms with Gasteiger partial charge in [-0.2, -0.15) is 0 Å². The van der Waals surface area contributed by atoms with Crippen molar-refractivity contribution in [1.82, 2.24) is 0 Å². The van der Waals surface area contributed by atoms with E-state index in [4.69, 9.17) is 27.6 Å². The second-order valence-corrected chi connectivity index (χ2v) is 73.9. The Bertz CT molecular complexity index is 1450. The number of ketones is 1. The minimum atomic E-state index is -2.54. The highest BCUT2D eigenvalue weighted by atomic mass is 33.2. The second-order valence-electron chi connectivity index (χ2n) is 16.2. The molecule has 0 aromatic heterocycles. The Kier molecular flexibility index (Phi) is 13.4. The van der Waals surface area contributed by atoms with Crippen LogP contribution in [0, 0.1) is 16.7 Å². The molecular weight excluding hydrogens is 915 g/mol. The molecule has 3 heterocycles. The molecule has 18 atom stereocenters. The monoisotopic (exact) mass is 968 g/mol. The minimum absolute atomic E-state index is 0.0489. The van der Waals surface area contributed by atoms with Gasteiger partial charge in [0.1, 0.15) is 11.7 Å². The van der Waals surface area contributed by atoms with E-state index in [1.807, 2.05) is 6.92 Å². The molecule has 6 aliphatic rings. The molecule has 0 radical (unpaired) electrons. The minimum Gasteiger partial charge on any atom is -0.426 e. The number of carbonyl (C=O) groups is 2. The molecule has 0 amide bonds. The van der Waals surface area contributed by atoms with E-state index in [9.17, 15) is 9.90 Å². The Morgan fingerprint density at radius 1 is 0.900 bits per heavy atom. The standard InChI is InChI=1S/C26H53O9P13Si2/c1-13-14(33-43(47(42)44(36)37)48(45(38)39)46(40)41)10-26-21(31-22(28)32-26)19-24(4)15(9-16-25(19,29)11-30-16)34-49(5,6)12-50(7,8)35-18(20(24)27)17(13)23(26,2)3/h14-16,18-19,21,29H,9-12,36-42H2,1-8H3/t14-,15-,16+,18+,19?,21-,24+,25-,26+,43?,47?/m0/s1. The van der Waals surface area contributed by atoms with Gasteiger partial charge in [-0.25, -0.2) is 4.79 Å². The van der Waals surface area contributed by atoms with Crippen LogP contribution in [0.5, 0.6) is 0 Å². The maximum Gasteiger partial charge on any atom is 0.509 e. The van der Waals surface area contributed by atoms with Crippen molar-refractivity contribution < 1.29 is 42.3 Å². The molecule has 3 saturated heterocycles. The van der Waals surface area contributed by atoms with Crippen LogP contribution in [-0.2, 0) is 32.4 Å². The average Bonchev–Trinajstić information content (AvgIpc) is 3.29. The Balaban J connectivity index is 1.64. The highest BCUT2D eigenvalue weighted by molar-refractivity contribution is 9.19. The third kappa shape index (κ3) is 7.16. The predicted molar refractivity (Wildman–Crippen MR) is 245 cm³/mol. The molecule has 284 valence electrons. The molecule has 5 fully saturated rings. The quantitative estimate of drug-likeness (QED) is 0.115. The molecule has 24 heteroatoms. The van der Waals surface area contributed by atoms with E-state index in [1.165, 1.54) is 0 Å². The SMILES string of the molecule is CC1=C2[C@H]3O[Si](C)(C)C[Si](C)(C)O[C@H]4C[C@H]5OC[C@@]5(O)C([C@@H]5OC(=O)O[C@@]5(C[C@@H]1OP(P(P)P(P)P)P(P(P)P)P(P)P)C2(C)C)[C@]4(C)C3=O. The lowest BCUT2D eigenvalue weighted by atomic mass is 9.45. The molecule has 2 saturated carbocycles. The van der Waals surface area contributed by atoms with Crippen molar-refractivity contribution in [2.24, 2.45) is 16.7 Å². The van der Waals surface area contributed by atoms with Crippen molar-refractivity contribution in [3.8, 4) is 0 Å². The normalized spacial score (nSPS) is 42.7. The van der Waals surface area contributed by atoms with Gasteiger partial charge in [0.25, 0.3) is 0 Å². The van der Waals surface area contributed by atoms with Crippen LogP contribution in [0.15, 0.2) is 11.1 Å². The number of aliphatic hydroxyl groups is 1. The highest BCUT2D eigenvalue weighted by Gasteiger charge is 2.80. The van der Waals surface area contributed by atoms with Crippen molar-refractivity contribution in [3.05, 3.63) is 11.1 Å². The van der Waals surface area contributed by atoms with Crippen molar-refractivity contribution in [1.29, 1.82) is 0 Å². The Labute approximate surface area is 322 Å². The molecule has 50 heavy (non-hydrogen) atoms. The van der Waals surface area contributed by atoms with Gasteiger partial charge in [-0.3, -0.25) is 4.79 Å². The largest absolute Gasteiger partial charge is 0.509 e. The summed E-state index contributed by atoms with van der Waals surface area (Å²) in [4.78, 5) is 29.5. The third-order valence-corrected chi connectivity index (χ3v) is 91.1. The van der Waals surface area contributed by atoms with Crippen LogP contribution in [0.25, 0.3) is 0 Å². The Hall–Kier alpha value is 4.50. The lowest BCUT2D eigenvalue weighted by molar-refractivity contribution is -0.332. The van der Waals surface area contributed by atoms with Crippen molar-refractivity contribution in [2.75, 3.05) is 6.61 Å². The van der Waals surface area contributed by atoms with Gasteiger partial charge in [0, 0.05) is 38.1 Å². The number of hydrogen-bond acceptors (Lipinski definition) is 9. The zero-order valence-corrected chi connectivity index (χ0v) is 45.2. The van der Waals surface area contributed by atoms with Gasteiger partial charge in [-0.05, 0) is 77.8 Å². The molecule has 1 N–H and O–H groups in total. The van der Waals surface area contributed by atoms with Gasteiger partial charge in [0.2, 0.25) is 0 Å². The summed E-state index contributed by atoms with van der Waals surface area (Å²) in [5.41, 5.74) is -2.17. The van der Waals surface area contributed by atoms with E-state index in [1.54, 1.807) is 0 Å². The molecule has 10 unspecified atom stereocenters. The van der Waals surface area contributed by atoms with Crippen LogP contribution < -0.4 is 0 Å². The maximum absolute atomic E-state index is 15.8. The third-order valence-electron chi connectivity index (χ3n) is 11.7. The summed E-state index contributed by atoms with van der Waals surface area (Å²) >= 11 is 0. The number of ether oxygens (including phenoxy) is 3. The molecule has 3 aliphatic heterocycles. The predicted octanol–water partition coefficient (Wildman–Crippen LogP) is 10.8. The molecule has 9 nitrogen and oxygen atoms in total. The van der Waals surface area contributed by atoms with Crippen molar-refractivity contribution >= 4 is 134 Å². The molecule has 0 aromatic rings. The molecule has 1 spiro atoms. The number of fused-ring (bicyclic) bond motifs is 6. The van der Waals surface area contributed by atoms with E-state index in [0.29, 0.717) is 12.8 Å². The lowest BCUT2D eigenvalue weighted by Gasteiger charge is -2.66. The fraction of sp³-hybridized carbons (Fsp3) is 0.846. The topological polar surface area (TPSA) is 110 Å². The molecule has 6 rings (SSSR count). The molecular formula is C26H53O9P13Si2. The maximum atomic E-state index is 15.8. The number of carbonyl (C=O) groups excluding carboxylic acids is 2. The summed E-state index contributed by atoms with van der Waals surface area (Å²) in [6.07, 6.45) is -3.43. The summed E-state index contributed by atoms with van der Waals surface area (Å²) in [5, 5.41) is 12.7. The van der Waals surface area contributed by atoms with Gasteiger partial charge in [0.15, 0.2) is 34.1 Å². The fourth-order valence-electron chi connectivity index (χ4n) is 9.80. The number of rotatable bonds is 7. The lowest BCUT2D eigenvalue weighted by Crippen LogP contribution is -2.80. The summed E-state index contributed by atoms with van der Waals surface area (Å²) < 4.78 is 41.0. The highest BCUT2D eigenvalue weighted by Crippen LogP contribution is 3.17. The summed E-state index contributed by atoms with van der Waals surface area (Å²) in [6.45, 7) is 14.6. The van der Waals surface area contributed by atoms with Gasteiger partial charge in [-0.1, -0.05) is 22.8 Å². The van der Waals surface area contributed by atoms with Crippen LogP contribution in [0.4, 0.5) is 4.79 Å². The van der Waals surface area contributed by atoms with E-state index < -0.39 is 124 Å². The average molecular weight is 969 g/mol. The van der Waals surface area contributed by atoms with Crippen LogP contribution in [0.1, 0.15) is 40.5 Å². The molecule has 3 aliphatic carbocycles. The zero-order chi connectivity index (χ0) is 37.3. The number of Topliss-reactive ketones (excluding diaryl/α,β-unsaturated/α-hetero) is 1. The zero-order valence-electron chi connectivity index (χ0n) is 29.7. The second kappa shape index (κ2) is 15.2. The van der Waals surface area contributed by atoms with E-state index in [2.05, 4.69) is 109 Å². The first kappa shape index (κ1) is 44.1. The van der Waals surface area contributed by atoms with Crippen LogP contribution in [-0.4, -0.2) is 82.0 Å². The first-order chi connectivity index (χ1) is 22.8. The van der Waals surface area contributed by atoms with E-state index >= 15 is 4.79 Å². The first-order valence-electron chi connectivity index (χ1n) is 16.4. The van der Waals surface area contributed by atoms with E-state index in [-0.39, 0.29) is 12.4 Å². The Morgan fingerprint density at radius 3 is 2.04 bits per heavy atom. The van der Waals surface area contributed by atoms with Crippen LogP contribution >= 0.6 is 105 Å². The fourth-order valence-corrected chi connectivity index (χ4v) is 116. The molecule has 0 aromatic carbocycles. The number of hydrogen-bond donors (Lipinski definition) is 1. The molecule has 4 bridgehead atoms. The summed E-state index contributed by atoms with van der Waals surface area (Å²) in [5.74, 6) is -0.945. The van der Waals surface area contributed by atoms with E-state index in [0.717, 1.165) is 16.8 Å². The van der Waals surface area contributed by atoms with Gasteiger partial charge in [-0.15, -0.1) is 53.6 Å². The van der Waals surface area contributed by atoms with Gasteiger partial charge in [0.05, 0.1) is 37.9 Å². The summed E-state index contributed by atoms with van der Waals surface area (Å²) in [6, 6.07) is 0. The van der Waals surface area contributed by atoms with Crippen LogP contribution in [0.3, 0.4) is 0 Å². The van der Waals surface area contributed by atoms with Crippen molar-refractivity contribution in [3.63, 3.8) is 0 Å². The smallest absolute Gasteiger partial charge is 0.426 e. The Morgan fingerprint density at radius 2 is 1.50 bits per heavy atom. The van der Waals surface area contributed by atoms with Gasteiger partial charge >= 0.3 is 6.16 Å².